The van der Waals surface area contributed by atoms with E-state index in [-0.39, 0.29) is 17.7 Å². The number of halogens is 1. The van der Waals surface area contributed by atoms with Gasteiger partial charge >= 0.3 is 0 Å². The first-order chi connectivity index (χ1) is 14.4. The fraction of sp³-hybridized carbons (Fsp3) is 0.381. The van der Waals surface area contributed by atoms with Gasteiger partial charge in [0, 0.05) is 26.9 Å². The largest absolute Gasteiger partial charge is 0.495 e. The number of carbonyl (C=O) groups excluding carboxylic acids is 1. The van der Waals surface area contributed by atoms with Gasteiger partial charge in [0.1, 0.15) is 5.75 Å². The van der Waals surface area contributed by atoms with Crippen LogP contribution in [0, 0.1) is 0 Å². The van der Waals surface area contributed by atoms with Crippen molar-refractivity contribution in [2.24, 2.45) is 0 Å². The molecule has 0 aliphatic rings. The van der Waals surface area contributed by atoms with Gasteiger partial charge < -0.3 is 10.1 Å². The number of thioether (sulfide) groups is 1. The number of ether oxygens (including phenoxy) is 1. The van der Waals surface area contributed by atoms with E-state index in [1.165, 1.54) is 16.6 Å². The summed E-state index contributed by atoms with van der Waals surface area (Å²) in [5.41, 5.74) is 1.62. The van der Waals surface area contributed by atoms with Crippen LogP contribution >= 0.6 is 34.7 Å². The van der Waals surface area contributed by atoms with Gasteiger partial charge in [-0.05, 0) is 44.5 Å². The second-order valence-electron chi connectivity index (χ2n) is 7.00. The number of thiophene rings is 1. The number of hydrogen-bond donors (Lipinski definition) is 1. The molecule has 0 radical (unpaired) electrons. The van der Waals surface area contributed by atoms with Gasteiger partial charge in [-0.25, -0.2) is 0 Å². The van der Waals surface area contributed by atoms with E-state index in [4.69, 9.17) is 16.3 Å². The van der Waals surface area contributed by atoms with Crippen LogP contribution in [0.1, 0.15) is 38.1 Å². The Bertz CT molecular complexity index is 1020. The molecule has 1 N–H and O–H groups in total. The SMILES string of the molecule is CCCc1cc(-c2nnc(SCC(=O)Nc3cc(Cl)ccc3OC)n2C(C)C)cs1. The Morgan fingerprint density at radius 3 is 2.83 bits per heavy atom. The van der Waals surface area contributed by atoms with Crippen molar-refractivity contribution in [3.05, 3.63) is 39.5 Å². The van der Waals surface area contributed by atoms with Gasteiger partial charge in [-0.1, -0.05) is 36.7 Å². The molecule has 0 spiro atoms. The number of benzene rings is 1. The zero-order chi connectivity index (χ0) is 21.7. The summed E-state index contributed by atoms with van der Waals surface area (Å²) in [4.78, 5) is 13.9. The molecular formula is C21H25ClN4O2S2. The topological polar surface area (TPSA) is 69.0 Å². The number of rotatable bonds is 9. The second kappa shape index (κ2) is 10.3. The van der Waals surface area contributed by atoms with Gasteiger partial charge in [-0.15, -0.1) is 21.5 Å². The lowest BCUT2D eigenvalue weighted by Gasteiger charge is -2.13. The first kappa shape index (κ1) is 22.7. The number of aryl methyl sites for hydroxylation is 1. The van der Waals surface area contributed by atoms with E-state index in [9.17, 15) is 4.79 Å². The highest BCUT2D eigenvalue weighted by Gasteiger charge is 2.19. The minimum Gasteiger partial charge on any atom is -0.495 e. The maximum Gasteiger partial charge on any atom is 0.234 e. The van der Waals surface area contributed by atoms with Gasteiger partial charge in [0.2, 0.25) is 5.91 Å². The van der Waals surface area contributed by atoms with E-state index in [0.717, 1.165) is 29.4 Å². The average molecular weight is 465 g/mol. The maximum absolute atomic E-state index is 12.5. The molecule has 2 aromatic heterocycles. The number of nitrogens with zero attached hydrogens (tertiary/aromatic N) is 3. The summed E-state index contributed by atoms with van der Waals surface area (Å²) in [7, 11) is 1.55. The van der Waals surface area contributed by atoms with Crippen LogP contribution in [-0.4, -0.2) is 33.5 Å². The van der Waals surface area contributed by atoms with Crippen molar-refractivity contribution in [2.75, 3.05) is 18.2 Å². The normalized spacial score (nSPS) is 11.1. The summed E-state index contributed by atoms with van der Waals surface area (Å²) in [5, 5.41) is 15.0. The van der Waals surface area contributed by atoms with Crippen LogP contribution in [-0.2, 0) is 11.2 Å². The quantitative estimate of drug-likeness (QED) is 0.397. The fourth-order valence-electron chi connectivity index (χ4n) is 3.01. The van der Waals surface area contributed by atoms with Gasteiger partial charge in [0.15, 0.2) is 11.0 Å². The van der Waals surface area contributed by atoms with Crippen molar-refractivity contribution in [3.63, 3.8) is 0 Å². The van der Waals surface area contributed by atoms with Crippen LogP contribution in [0.4, 0.5) is 5.69 Å². The van der Waals surface area contributed by atoms with Crippen molar-refractivity contribution in [3.8, 4) is 17.1 Å². The van der Waals surface area contributed by atoms with Crippen molar-refractivity contribution >= 4 is 46.3 Å². The van der Waals surface area contributed by atoms with Gasteiger partial charge in [-0.2, -0.15) is 0 Å². The number of aromatic nitrogens is 3. The van der Waals surface area contributed by atoms with E-state index in [2.05, 4.69) is 52.3 Å². The van der Waals surface area contributed by atoms with Gasteiger partial charge in [-0.3, -0.25) is 9.36 Å². The third kappa shape index (κ3) is 5.36. The molecule has 0 aliphatic carbocycles. The molecule has 3 aromatic rings. The number of hydrogen-bond acceptors (Lipinski definition) is 6. The predicted molar refractivity (Wildman–Crippen MR) is 125 cm³/mol. The summed E-state index contributed by atoms with van der Waals surface area (Å²) in [6.07, 6.45) is 2.18. The summed E-state index contributed by atoms with van der Waals surface area (Å²) >= 11 is 9.14. The first-order valence-corrected chi connectivity index (χ1v) is 12.0. The van der Waals surface area contributed by atoms with Crippen molar-refractivity contribution in [2.45, 2.75) is 44.8 Å². The van der Waals surface area contributed by atoms with E-state index < -0.39 is 0 Å². The number of carbonyl (C=O) groups is 1. The average Bonchev–Trinajstić information content (AvgIpc) is 3.33. The summed E-state index contributed by atoms with van der Waals surface area (Å²) < 4.78 is 7.36. The Labute approximate surface area is 190 Å². The molecule has 0 aliphatic heterocycles. The minimum absolute atomic E-state index is 0.166. The molecule has 9 heteroatoms. The number of nitrogens with one attached hydrogen (secondary N) is 1. The lowest BCUT2D eigenvalue weighted by molar-refractivity contribution is -0.113. The minimum atomic E-state index is -0.166. The van der Waals surface area contributed by atoms with Crippen LogP contribution in [0.2, 0.25) is 5.02 Å². The van der Waals surface area contributed by atoms with Crippen molar-refractivity contribution in [1.29, 1.82) is 0 Å². The van der Waals surface area contributed by atoms with E-state index in [0.29, 0.717) is 16.5 Å². The van der Waals surface area contributed by atoms with Gasteiger partial charge in [0.25, 0.3) is 0 Å². The maximum atomic E-state index is 12.5. The standard InChI is InChI=1S/C21H25ClN4O2S2/c1-5-6-16-9-14(11-29-16)20-24-25-21(26(20)13(2)3)30-12-19(27)23-17-10-15(22)7-8-18(17)28-4/h7-11,13H,5-6,12H2,1-4H3,(H,23,27). The van der Waals surface area contributed by atoms with Crippen LogP contribution in [0.5, 0.6) is 5.75 Å². The Kier molecular flexibility index (Phi) is 7.80. The fourth-order valence-corrected chi connectivity index (χ4v) is 5.02. The highest BCUT2D eigenvalue weighted by atomic mass is 35.5. The molecule has 6 nitrogen and oxygen atoms in total. The Morgan fingerprint density at radius 1 is 1.33 bits per heavy atom. The number of amides is 1. The summed E-state index contributed by atoms with van der Waals surface area (Å²) in [6.45, 7) is 6.36. The lowest BCUT2D eigenvalue weighted by atomic mass is 10.2. The van der Waals surface area contributed by atoms with Crippen molar-refractivity contribution in [1.82, 2.24) is 14.8 Å². The van der Waals surface area contributed by atoms with Crippen LogP contribution < -0.4 is 10.1 Å². The molecule has 30 heavy (non-hydrogen) atoms. The van der Waals surface area contributed by atoms with Crippen LogP contribution in [0.25, 0.3) is 11.4 Å². The summed E-state index contributed by atoms with van der Waals surface area (Å²) in [6, 6.07) is 7.46. The van der Waals surface area contributed by atoms with E-state index in [1.54, 1.807) is 36.6 Å². The van der Waals surface area contributed by atoms with Crippen LogP contribution in [0.15, 0.2) is 34.8 Å². The van der Waals surface area contributed by atoms with E-state index in [1.807, 2.05) is 0 Å². The second-order valence-corrected chi connectivity index (χ2v) is 9.38. The molecule has 0 saturated carbocycles. The molecule has 160 valence electrons. The Hall–Kier alpha value is -2.03. The predicted octanol–water partition coefficient (Wildman–Crippen LogP) is 5.93. The lowest BCUT2D eigenvalue weighted by Crippen LogP contribution is -2.15. The zero-order valence-corrected chi connectivity index (χ0v) is 19.8. The number of anilines is 1. The van der Waals surface area contributed by atoms with Crippen molar-refractivity contribution < 1.29 is 9.53 Å². The van der Waals surface area contributed by atoms with E-state index >= 15 is 0 Å². The molecule has 0 atom stereocenters. The monoisotopic (exact) mass is 464 g/mol. The summed E-state index contributed by atoms with van der Waals surface area (Å²) in [5.74, 6) is 1.43. The highest BCUT2D eigenvalue weighted by Crippen LogP contribution is 2.32. The number of methoxy groups -OCH3 is 1. The molecular weight excluding hydrogens is 440 g/mol. The molecule has 3 rings (SSSR count). The molecule has 0 bridgehead atoms. The first-order valence-electron chi connectivity index (χ1n) is 9.71. The molecule has 2 heterocycles. The highest BCUT2D eigenvalue weighted by molar-refractivity contribution is 7.99. The molecule has 0 saturated heterocycles. The smallest absolute Gasteiger partial charge is 0.234 e. The Morgan fingerprint density at radius 2 is 2.13 bits per heavy atom. The van der Waals surface area contributed by atoms with Gasteiger partial charge in [0.05, 0.1) is 18.6 Å². The molecule has 0 fully saturated rings. The zero-order valence-electron chi connectivity index (χ0n) is 17.4. The Balaban J connectivity index is 1.73. The molecule has 0 unspecified atom stereocenters. The third-order valence-corrected chi connectivity index (χ3v) is 6.53. The molecule has 1 amide bonds. The van der Waals surface area contributed by atoms with Crippen LogP contribution in [0.3, 0.4) is 0 Å². The third-order valence-electron chi connectivity index (χ3n) is 4.36. The molecule has 1 aromatic carbocycles.